The first-order valence-electron chi connectivity index (χ1n) is 9.85. The van der Waals surface area contributed by atoms with Gasteiger partial charge in [0.15, 0.2) is 0 Å². The van der Waals surface area contributed by atoms with Crippen LogP contribution >= 0.6 is 11.6 Å². The first-order chi connectivity index (χ1) is 14.5. The second-order valence-electron chi connectivity index (χ2n) is 7.83. The number of nitrogen functional groups attached to an aromatic ring is 1. The van der Waals surface area contributed by atoms with Crippen molar-refractivity contribution in [1.29, 1.82) is 0 Å². The van der Waals surface area contributed by atoms with Crippen molar-refractivity contribution in [3.05, 3.63) is 53.7 Å². The zero-order valence-electron chi connectivity index (χ0n) is 16.1. The van der Waals surface area contributed by atoms with Crippen LogP contribution in [0.15, 0.2) is 43.0 Å². The minimum absolute atomic E-state index is 0.0362. The number of benzene rings is 1. The molecule has 3 heterocycles. The molecule has 154 valence electrons. The predicted molar refractivity (Wildman–Crippen MR) is 114 cm³/mol. The molecule has 1 fully saturated rings. The lowest BCUT2D eigenvalue weighted by Crippen LogP contribution is -2.29. The molecule has 0 amide bonds. The van der Waals surface area contributed by atoms with E-state index < -0.39 is 12.2 Å². The van der Waals surface area contributed by atoms with Crippen LogP contribution in [0.25, 0.3) is 21.9 Å². The van der Waals surface area contributed by atoms with Gasteiger partial charge in [0.1, 0.15) is 23.2 Å². The van der Waals surface area contributed by atoms with Crippen molar-refractivity contribution < 1.29 is 10.2 Å². The Morgan fingerprint density at radius 2 is 2.00 bits per heavy atom. The number of rotatable bonds is 4. The van der Waals surface area contributed by atoms with E-state index in [1.54, 1.807) is 6.20 Å². The zero-order chi connectivity index (χ0) is 20.8. The van der Waals surface area contributed by atoms with Crippen LogP contribution < -0.4 is 5.73 Å². The number of aromatic nitrogens is 5. The summed E-state index contributed by atoms with van der Waals surface area (Å²) < 4.78 is 1.90. The standard InChI is InChI=1S/C21H21ClN6O2/c22-19-14-5-6-28(20(14)26-10-25-19)16-8-12(17(29)18(16)30)3-1-11-2-4-13-9-24-21(23)27-15(13)7-11/h2,4-7,9-10,12,16-18,29-30H,1,3,8H2,(H2,23,24,27)/t12-,16+,17+,18-/m0/s1. The summed E-state index contributed by atoms with van der Waals surface area (Å²) in [6, 6.07) is 7.59. The summed E-state index contributed by atoms with van der Waals surface area (Å²) in [6.45, 7) is 0. The van der Waals surface area contributed by atoms with Crippen molar-refractivity contribution in [2.75, 3.05) is 5.73 Å². The molecule has 0 unspecified atom stereocenters. The van der Waals surface area contributed by atoms with Crippen molar-refractivity contribution in [2.24, 2.45) is 5.92 Å². The van der Waals surface area contributed by atoms with E-state index >= 15 is 0 Å². The van der Waals surface area contributed by atoms with E-state index in [1.807, 2.05) is 35.0 Å². The molecular formula is C21H21ClN6O2. The Kier molecular flexibility index (Phi) is 4.77. The lowest BCUT2D eigenvalue weighted by molar-refractivity contribution is 0.00545. The van der Waals surface area contributed by atoms with E-state index in [-0.39, 0.29) is 17.9 Å². The van der Waals surface area contributed by atoms with Crippen LogP contribution in [0.1, 0.15) is 24.4 Å². The van der Waals surface area contributed by atoms with Gasteiger partial charge >= 0.3 is 0 Å². The van der Waals surface area contributed by atoms with E-state index in [0.717, 1.165) is 34.7 Å². The number of hydrogen-bond acceptors (Lipinski definition) is 7. The number of hydrogen-bond donors (Lipinski definition) is 3. The summed E-state index contributed by atoms with van der Waals surface area (Å²) in [5, 5.41) is 23.5. The van der Waals surface area contributed by atoms with Crippen LogP contribution in [-0.4, -0.2) is 46.9 Å². The molecule has 0 spiro atoms. The third-order valence-electron chi connectivity index (χ3n) is 6.06. The first-order valence-corrected chi connectivity index (χ1v) is 10.2. The fourth-order valence-corrected chi connectivity index (χ4v) is 4.65. The molecule has 1 aromatic carbocycles. The Hall–Kier alpha value is -2.81. The van der Waals surface area contributed by atoms with Crippen LogP contribution in [0.3, 0.4) is 0 Å². The first kappa shape index (κ1) is 19.2. The van der Waals surface area contributed by atoms with E-state index in [4.69, 9.17) is 17.3 Å². The fraction of sp³-hybridized carbons (Fsp3) is 0.333. The molecule has 0 radical (unpaired) electrons. The normalized spacial score (nSPS) is 24.1. The van der Waals surface area contributed by atoms with Gasteiger partial charge in [0.05, 0.1) is 23.0 Å². The Morgan fingerprint density at radius 3 is 2.87 bits per heavy atom. The van der Waals surface area contributed by atoms with Gasteiger partial charge in [0, 0.05) is 17.8 Å². The molecule has 8 nitrogen and oxygen atoms in total. The lowest BCUT2D eigenvalue weighted by atomic mass is 9.95. The molecule has 0 aliphatic heterocycles. The van der Waals surface area contributed by atoms with E-state index in [2.05, 4.69) is 19.9 Å². The maximum absolute atomic E-state index is 10.7. The summed E-state index contributed by atoms with van der Waals surface area (Å²) in [5.41, 5.74) is 8.27. The summed E-state index contributed by atoms with van der Waals surface area (Å²) in [4.78, 5) is 16.6. The Bertz CT molecular complexity index is 1230. The topological polar surface area (TPSA) is 123 Å². The van der Waals surface area contributed by atoms with Crippen molar-refractivity contribution >= 4 is 39.5 Å². The second kappa shape index (κ2) is 7.46. The number of nitrogens with two attached hydrogens (primary N) is 1. The zero-order valence-corrected chi connectivity index (χ0v) is 16.8. The highest BCUT2D eigenvalue weighted by Gasteiger charge is 2.42. The highest BCUT2D eigenvalue weighted by Crippen LogP contribution is 2.39. The average molecular weight is 425 g/mol. The van der Waals surface area contributed by atoms with E-state index in [1.165, 1.54) is 6.33 Å². The number of aliphatic hydroxyl groups excluding tert-OH is 2. The SMILES string of the molecule is Nc1ncc2ccc(CC[C@H]3C[C@@H](n4ccc5c(Cl)ncnc54)[C@H](O)[C@@H]3O)cc2n1. The number of halogens is 1. The second-order valence-corrected chi connectivity index (χ2v) is 8.19. The molecule has 1 aliphatic rings. The van der Waals surface area contributed by atoms with Gasteiger partial charge in [-0.05, 0) is 42.9 Å². The molecule has 0 saturated heterocycles. The summed E-state index contributed by atoms with van der Waals surface area (Å²) >= 11 is 6.15. The smallest absolute Gasteiger partial charge is 0.220 e. The van der Waals surface area contributed by atoms with Crippen LogP contribution in [-0.2, 0) is 6.42 Å². The third kappa shape index (κ3) is 3.27. The van der Waals surface area contributed by atoms with E-state index in [9.17, 15) is 10.2 Å². The van der Waals surface area contributed by atoms with Crippen molar-refractivity contribution in [2.45, 2.75) is 37.5 Å². The molecule has 3 aromatic heterocycles. The summed E-state index contributed by atoms with van der Waals surface area (Å²) in [7, 11) is 0. The maximum Gasteiger partial charge on any atom is 0.220 e. The number of fused-ring (bicyclic) bond motifs is 2. The van der Waals surface area contributed by atoms with Crippen LogP contribution in [0.5, 0.6) is 0 Å². The van der Waals surface area contributed by atoms with Crippen molar-refractivity contribution in [1.82, 2.24) is 24.5 Å². The highest BCUT2D eigenvalue weighted by molar-refractivity contribution is 6.33. The number of anilines is 1. The lowest BCUT2D eigenvalue weighted by Gasteiger charge is -2.19. The Balaban J connectivity index is 1.34. The largest absolute Gasteiger partial charge is 0.390 e. The Morgan fingerprint density at radius 1 is 1.13 bits per heavy atom. The van der Waals surface area contributed by atoms with Gasteiger partial charge in [-0.15, -0.1) is 0 Å². The van der Waals surface area contributed by atoms with Gasteiger partial charge in [-0.3, -0.25) is 0 Å². The number of aryl methyl sites for hydroxylation is 1. The van der Waals surface area contributed by atoms with Gasteiger partial charge in [-0.1, -0.05) is 23.7 Å². The fourth-order valence-electron chi connectivity index (χ4n) is 4.46. The highest BCUT2D eigenvalue weighted by atomic mass is 35.5. The minimum atomic E-state index is -0.872. The van der Waals surface area contributed by atoms with Gasteiger partial charge in [0.2, 0.25) is 5.95 Å². The number of aliphatic hydroxyl groups is 2. The van der Waals surface area contributed by atoms with Gasteiger partial charge in [0.25, 0.3) is 0 Å². The van der Waals surface area contributed by atoms with Crippen molar-refractivity contribution in [3.63, 3.8) is 0 Å². The van der Waals surface area contributed by atoms with Gasteiger partial charge in [-0.25, -0.2) is 19.9 Å². The molecular weight excluding hydrogens is 404 g/mol. The molecule has 1 saturated carbocycles. The molecule has 5 rings (SSSR count). The third-order valence-corrected chi connectivity index (χ3v) is 6.36. The average Bonchev–Trinajstić information content (AvgIpc) is 3.29. The van der Waals surface area contributed by atoms with E-state index in [0.29, 0.717) is 17.2 Å². The maximum atomic E-state index is 10.7. The number of nitrogens with zero attached hydrogens (tertiary/aromatic N) is 5. The molecule has 30 heavy (non-hydrogen) atoms. The molecule has 1 aliphatic carbocycles. The summed E-state index contributed by atoms with van der Waals surface area (Å²) in [6.07, 6.45) is 5.45. The van der Waals surface area contributed by atoms with Crippen LogP contribution in [0.4, 0.5) is 5.95 Å². The monoisotopic (exact) mass is 424 g/mol. The van der Waals surface area contributed by atoms with Gasteiger partial charge < -0.3 is 20.5 Å². The summed E-state index contributed by atoms with van der Waals surface area (Å²) in [5.74, 6) is 0.214. The molecule has 4 aromatic rings. The van der Waals surface area contributed by atoms with Crippen LogP contribution in [0, 0.1) is 5.92 Å². The van der Waals surface area contributed by atoms with Gasteiger partial charge in [-0.2, -0.15) is 0 Å². The molecule has 0 bridgehead atoms. The minimum Gasteiger partial charge on any atom is -0.390 e. The predicted octanol–water partition coefficient (Wildman–Crippen LogP) is 2.53. The van der Waals surface area contributed by atoms with Crippen molar-refractivity contribution in [3.8, 4) is 0 Å². The quantitative estimate of drug-likeness (QED) is 0.430. The molecule has 9 heteroatoms. The molecule has 4 atom stereocenters. The molecule has 4 N–H and O–H groups in total. The Labute approximate surface area is 177 Å². The van der Waals surface area contributed by atoms with Crippen LogP contribution in [0.2, 0.25) is 5.15 Å².